The molecular weight excluding hydrogens is 384 g/mol. The SMILES string of the molecule is C[Si]1c2ccccc2N(c2ccc(-c3nc4ccccc4o3)cc2)c2ccccc21. The van der Waals surface area contributed by atoms with Gasteiger partial charge in [0.2, 0.25) is 5.89 Å². The minimum Gasteiger partial charge on any atom is -0.436 e. The van der Waals surface area contributed by atoms with Crippen LogP contribution in [0.15, 0.2) is 101 Å². The molecule has 2 heterocycles. The van der Waals surface area contributed by atoms with Gasteiger partial charge >= 0.3 is 0 Å². The summed E-state index contributed by atoms with van der Waals surface area (Å²) in [5, 5.41) is 2.90. The van der Waals surface area contributed by atoms with E-state index in [1.54, 1.807) is 0 Å². The summed E-state index contributed by atoms with van der Waals surface area (Å²) in [6, 6.07) is 33.9. The largest absolute Gasteiger partial charge is 0.436 e. The van der Waals surface area contributed by atoms with E-state index in [1.165, 1.54) is 21.7 Å². The Morgan fingerprint density at radius 3 is 1.97 bits per heavy atom. The molecule has 0 atom stereocenters. The van der Waals surface area contributed by atoms with Crippen molar-refractivity contribution in [2.45, 2.75) is 6.55 Å². The highest BCUT2D eigenvalue weighted by atomic mass is 28.3. The molecule has 6 rings (SSSR count). The molecule has 1 aromatic heterocycles. The Morgan fingerprint density at radius 2 is 1.30 bits per heavy atom. The molecule has 0 saturated carbocycles. The standard InChI is InChI=1S/C26H19N2OSi/c1-30-24-12-6-3-9-21(24)28(22-10-4-7-13-25(22)30)19-16-14-18(15-17-19)26-27-20-8-2-5-11-23(20)29-26/h2-17H,1H3. The summed E-state index contributed by atoms with van der Waals surface area (Å²) in [5.74, 6) is 0.654. The Bertz CT molecular complexity index is 1290. The highest BCUT2D eigenvalue weighted by Crippen LogP contribution is 2.36. The van der Waals surface area contributed by atoms with Gasteiger partial charge in [0.05, 0.1) is 0 Å². The Hall–Kier alpha value is -3.63. The van der Waals surface area contributed by atoms with Crippen LogP contribution in [0.5, 0.6) is 0 Å². The molecule has 143 valence electrons. The number of para-hydroxylation sites is 4. The second-order valence-corrected chi connectivity index (χ2v) is 9.86. The fourth-order valence-electron chi connectivity index (χ4n) is 4.27. The molecule has 0 N–H and O–H groups in total. The molecule has 30 heavy (non-hydrogen) atoms. The average Bonchev–Trinajstić information content (AvgIpc) is 3.24. The molecule has 0 aliphatic carbocycles. The molecule has 0 spiro atoms. The van der Waals surface area contributed by atoms with Crippen molar-refractivity contribution < 1.29 is 4.42 Å². The Balaban J connectivity index is 1.46. The van der Waals surface area contributed by atoms with E-state index in [1.807, 2.05) is 24.3 Å². The van der Waals surface area contributed by atoms with E-state index in [2.05, 4.69) is 89.2 Å². The first-order chi connectivity index (χ1) is 14.8. The maximum absolute atomic E-state index is 5.95. The van der Waals surface area contributed by atoms with Gasteiger partial charge in [0.1, 0.15) is 14.3 Å². The van der Waals surface area contributed by atoms with Gasteiger partial charge in [-0.05, 0) is 58.9 Å². The van der Waals surface area contributed by atoms with Crippen LogP contribution >= 0.6 is 0 Å². The van der Waals surface area contributed by atoms with E-state index in [-0.39, 0.29) is 0 Å². The third-order valence-electron chi connectivity index (χ3n) is 5.76. The van der Waals surface area contributed by atoms with E-state index in [0.717, 1.165) is 22.4 Å². The zero-order valence-corrected chi connectivity index (χ0v) is 17.5. The van der Waals surface area contributed by atoms with Crippen molar-refractivity contribution >= 4 is 47.3 Å². The summed E-state index contributed by atoms with van der Waals surface area (Å²) in [6.07, 6.45) is 0. The third kappa shape index (κ3) is 2.61. The van der Waals surface area contributed by atoms with E-state index in [9.17, 15) is 0 Å². The number of rotatable bonds is 2. The van der Waals surface area contributed by atoms with Crippen molar-refractivity contribution in [1.29, 1.82) is 0 Å². The minimum absolute atomic E-state index is 0.654. The van der Waals surface area contributed by atoms with Crippen molar-refractivity contribution in [3.05, 3.63) is 97.1 Å². The number of aromatic nitrogens is 1. The molecule has 0 fully saturated rings. The lowest BCUT2D eigenvalue weighted by atomic mass is 10.1. The van der Waals surface area contributed by atoms with Crippen LogP contribution in [0.25, 0.3) is 22.6 Å². The summed E-state index contributed by atoms with van der Waals surface area (Å²) in [7, 11) is -0.778. The average molecular weight is 404 g/mol. The van der Waals surface area contributed by atoms with Gasteiger partial charge in [0.15, 0.2) is 5.58 Å². The maximum Gasteiger partial charge on any atom is 0.227 e. The third-order valence-corrected chi connectivity index (χ3v) is 8.23. The van der Waals surface area contributed by atoms with Crippen LogP contribution in [0.1, 0.15) is 0 Å². The molecule has 3 nitrogen and oxygen atoms in total. The zero-order chi connectivity index (χ0) is 20.1. The predicted octanol–water partition coefficient (Wildman–Crippen LogP) is 5.52. The Morgan fingerprint density at radius 1 is 0.700 bits per heavy atom. The van der Waals surface area contributed by atoms with E-state index in [4.69, 9.17) is 4.42 Å². The summed E-state index contributed by atoms with van der Waals surface area (Å²) in [6.45, 7) is 2.38. The van der Waals surface area contributed by atoms with Crippen LogP contribution in [0, 0.1) is 0 Å². The number of anilines is 3. The van der Waals surface area contributed by atoms with Crippen LogP contribution in [0.4, 0.5) is 17.1 Å². The van der Waals surface area contributed by atoms with Gasteiger partial charge in [-0.25, -0.2) is 4.98 Å². The first-order valence-corrected chi connectivity index (χ1v) is 12.1. The quantitative estimate of drug-likeness (QED) is 0.364. The van der Waals surface area contributed by atoms with Crippen molar-refractivity contribution in [2.75, 3.05) is 4.90 Å². The van der Waals surface area contributed by atoms with Crippen LogP contribution in [0.3, 0.4) is 0 Å². The van der Waals surface area contributed by atoms with Gasteiger partial charge in [-0.15, -0.1) is 0 Å². The number of benzene rings is 4. The lowest BCUT2D eigenvalue weighted by Gasteiger charge is -2.36. The monoisotopic (exact) mass is 403 g/mol. The molecule has 1 aliphatic rings. The lowest BCUT2D eigenvalue weighted by molar-refractivity contribution is 0.620. The molecule has 0 saturated heterocycles. The van der Waals surface area contributed by atoms with E-state index in [0.29, 0.717) is 5.89 Å². The Kier molecular flexibility index (Phi) is 3.86. The number of nitrogens with zero attached hydrogens (tertiary/aromatic N) is 2. The molecule has 4 aromatic carbocycles. The van der Waals surface area contributed by atoms with E-state index >= 15 is 0 Å². The van der Waals surface area contributed by atoms with Gasteiger partial charge in [0.25, 0.3) is 0 Å². The molecule has 0 unspecified atom stereocenters. The second kappa shape index (κ2) is 6.71. The number of oxazole rings is 1. The van der Waals surface area contributed by atoms with Gasteiger partial charge in [0, 0.05) is 22.6 Å². The smallest absolute Gasteiger partial charge is 0.227 e. The zero-order valence-electron chi connectivity index (χ0n) is 16.5. The molecule has 1 aliphatic heterocycles. The normalized spacial score (nSPS) is 13.3. The summed E-state index contributed by atoms with van der Waals surface area (Å²) in [5.41, 5.74) is 6.38. The van der Waals surface area contributed by atoms with E-state index < -0.39 is 8.80 Å². The number of fused-ring (bicyclic) bond motifs is 3. The van der Waals surface area contributed by atoms with Crippen molar-refractivity contribution in [3.8, 4) is 11.5 Å². The molecular formula is C26H19N2OSi. The molecule has 4 heteroatoms. The number of hydrogen-bond donors (Lipinski definition) is 0. The molecule has 1 radical (unpaired) electrons. The van der Waals surface area contributed by atoms with Gasteiger partial charge in [-0.3, -0.25) is 0 Å². The fraction of sp³-hybridized carbons (Fsp3) is 0.0385. The second-order valence-electron chi connectivity index (χ2n) is 7.53. The summed E-state index contributed by atoms with van der Waals surface area (Å²) < 4.78 is 5.95. The molecule has 5 aromatic rings. The molecule has 0 amide bonds. The minimum atomic E-state index is -0.778. The Labute approximate surface area is 176 Å². The topological polar surface area (TPSA) is 29.3 Å². The van der Waals surface area contributed by atoms with Crippen molar-refractivity contribution in [2.24, 2.45) is 0 Å². The van der Waals surface area contributed by atoms with Gasteiger partial charge in [-0.1, -0.05) is 55.1 Å². The highest BCUT2D eigenvalue weighted by molar-refractivity contribution is 6.87. The van der Waals surface area contributed by atoms with Gasteiger partial charge < -0.3 is 9.32 Å². The van der Waals surface area contributed by atoms with Gasteiger partial charge in [-0.2, -0.15) is 0 Å². The van der Waals surface area contributed by atoms with Crippen LogP contribution in [-0.2, 0) is 0 Å². The maximum atomic E-state index is 5.95. The number of hydrogen-bond acceptors (Lipinski definition) is 3. The first-order valence-electron chi connectivity index (χ1n) is 10.1. The highest BCUT2D eigenvalue weighted by Gasteiger charge is 2.29. The fourth-order valence-corrected chi connectivity index (χ4v) is 6.41. The summed E-state index contributed by atoms with van der Waals surface area (Å²) in [4.78, 5) is 7.00. The summed E-state index contributed by atoms with van der Waals surface area (Å²) >= 11 is 0. The van der Waals surface area contributed by atoms with Crippen molar-refractivity contribution in [3.63, 3.8) is 0 Å². The lowest BCUT2D eigenvalue weighted by Crippen LogP contribution is -2.47. The van der Waals surface area contributed by atoms with Crippen LogP contribution in [-0.4, -0.2) is 13.8 Å². The first kappa shape index (κ1) is 17.2. The van der Waals surface area contributed by atoms with Crippen molar-refractivity contribution in [1.82, 2.24) is 4.98 Å². The van der Waals surface area contributed by atoms with Crippen LogP contribution < -0.4 is 15.3 Å². The molecule has 0 bridgehead atoms. The predicted molar refractivity (Wildman–Crippen MR) is 125 cm³/mol. The van der Waals surface area contributed by atoms with Crippen LogP contribution in [0.2, 0.25) is 6.55 Å².